The van der Waals surface area contributed by atoms with Crippen LogP contribution in [0.5, 0.6) is 5.75 Å². The number of halogens is 1. The Balaban J connectivity index is 1.52. The molecule has 2 heterocycles. The Bertz CT molecular complexity index is 2720. The molecule has 2 aromatic heterocycles. The van der Waals surface area contributed by atoms with Gasteiger partial charge in [-0.15, -0.1) is 0 Å². The smallest absolute Gasteiger partial charge is 0.407 e. The molecule has 23 heteroatoms. The van der Waals surface area contributed by atoms with E-state index < -0.39 is 83.8 Å². The molecule has 6 N–H and O–H groups in total. The molecular weight excluding hydrogens is 1010 g/mol. The van der Waals surface area contributed by atoms with Crippen molar-refractivity contribution in [3.63, 3.8) is 0 Å². The summed E-state index contributed by atoms with van der Waals surface area (Å²) >= 11 is 7.20. The second-order valence-corrected chi connectivity index (χ2v) is 21.0. The first-order valence-corrected chi connectivity index (χ1v) is 25.2. The number of rotatable bonds is 23. The van der Waals surface area contributed by atoms with Gasteiger partial charge in [0.05, 0.1) is 11.3 Å². The summed E-state index contributed by atoms with van der Waals surface area (Å²) in [7, 11) is 0. The average Bonchev–Trinajstić information content (AvgIpc) is 3.80. The van der Waals surface area contributed by atoms with Gasteiger partial charge < -0.3 is 55.1 Å². The number of nitriles is 2. The fourth-order valence-electron chi connectivity index (χ4n) is 6.63. The summed E-state index contributed by atoms with van der Waals surface area (Å²) in [6, 6.07) is 15.2. The summed E-state index contributed by atoms with van der Waals surface area (Å²) in [6.07, 6.45) is -1.59. The number of pyridine rings is 1. The van der Waals surface area contributed by atoms with Crippen LogP contribution in [0.2, 0.25) is 5.02 Å². The van der Waals surface area contributed by atoms with Gasteiger partial charge in [0.1, 0.15) is 77.1 Å². The van der Waals surface area contributed by atoms with E-state index >= 15 is 0 Å². The number of alkyl carbamates (subject to hydrolysis) is 2. The van der Waals surface area contributed by atoms with E-state index in [1.807, 2.05) is 0 Å². The zero-order valence-electron chi connectivity index (χ0n) is 43.6. The van der Waals surface area contributed by atoms with Crippen LogP contribution in [0, 0.1) is 34.5 Å². The number of nitrogens with two attached hydrogens (primary N) is 1. The maximum atomic E-state index is 13.8. The number of nitrogens with one attached hydrogen (secondary N) is 4. The quantitative estimate of drug-likeness (QED) is 0.0271. The molecule has 2 aromatic carbocycles. The van der Waals surface area contributed by atoms with Crippen LogP contribution in [-0.2, 0) is 43.9 Å². The lowest BCUT2D eigenvalue weighted by Crippen LogP contribution is -2.49. The highest BCUT2D eigenvalue weighted by Crippen LogP contribution is 2.37. The molecule has 0 saturated heterocycles. The third-order valence-corrected chi connectivity index (χ3v) is 11.5. The number of carbonyl (C=O) groups excluding carboxylic acids is 6. The molecule has 21 nitrogen and oxygen atoms in total. The first kappa shape index (κ1) is 60.0. The SMILES string of the molecule is CC(C)C(NC(=O)CCNC(=O)OC(C)(C)C)C(=O)OCC(COc1ccc(-c2c(C#N)c(N)nc(SCc3coc(-c4ccc(Cl)cc4)n3)c2C#N)cc1)OC(=O)C(NC(=O)CCNC(=O)OC(C)(C)C)C(C)C. The van der Waals surface area contributed by atoms with Crippen LogP contribution in [-0.4, -0.2) is 102 Å². The van der Waals surface area contributed by atoms with Gasteiger partial charge in [0, 0.05) is 47.8 Å². The molecule has 0 radical (unpaired) electrons. The third kappa shape index (κ3) is 19.7. The maximum absolute atomic E-state index is 13.8. The molecule has 0 aliphatic rings. The molecule has 3 atom stereocenters. The Morgan fingerprint density at radius 2 is 1.25 bits per heavy atom. The maximum Gasteiger partial charge on any atom is 0.407 e. The number of ether oxygens (including phenoxy) is 5. The summed E-state index contributed by atoms with van der Waals surface area (Å²) in [4.78, 5) is 86.3. The number of thioether (sulfide) groups is 1. The van der Waals surface area contributed by atoms with Gasteiger partial charge in [-0.1, -0.05) is 63.2 Å². The lowest BCUT2D eigenvalue weighted by atomic mass is 9.97. The minimum Gasteiger partial charge on any atom is -0.490 e. The van der Waals surface area contributed by atoms with Crippen molar-refractivity contribution in [3.05, 3.63) is 76.6 Å². The second kappa shape index (κ2) is 27.7. The summed E-state index contributed by atoms with van der Waals surface area (Å²) in [5.41, 5.74) is 6.80. The molecule has 4 rings (SSSR count). The van der Waals surface area contributed by atoms with Crippen molar-refractivity contribution >= 4 is 65.1 Å². The molecule has 0 bridgehead atoms. The van der Waals surface area contributed by atoms with E-state index in [2.05, 4.69) is 43.4 Å². The summed E-state index contributed by atoms with van der Waals surface area (Å²) in [5.74, 6) is -3.06. The van der Waals surface area contributed by atoms with Crippen molar-refractivity contribution in [2.75, 3.05) is 32.0 Å². The number of nitrogens with zero attached hydrogens (tertiary/aromatic N) is 4. The van der Waals surface area contributed by atoms with E-state index in [0.29, 0.717) is 22.2 Å². The predicted octanol–water partition coefficient (Wildman–Crippen LogP) is 7.62. The molecule has 0 fully saturated rings. The van der Waals surface area contributed by atoms with Crippen molar-refractivity contribution in [1.29, 1.82) is 10.5 Å². The minimum absolute atomic E-state index is 0.0238. The van der Waals surface area contributed by atoms with Gasteiger partial charge in [-0.2, -0.15) is 10.5 Å². The van der Waals surface area contributed by atoms with Crippen molar-refractivity contribution in [3.8, 4) is 40.5 Å². The van der Waals surface area contributed by atoms with Gasteiger partial charge in [0.15, 0.2) is 6.10 Å². The third-order valence-electron chi connectivity index (χ3n) is 10.2. The molecule has 0 spiro atoms. The van der Waals surface area contributed by atoms with Crippen LogP contribution in [0.3, 0.4) is 0 Å². The van der Waals surface area contributed by atoms with Crippen molar-refractivity contribution in [2.24, 2.45) is 11.8 Å². The largest absolute Gasteiger partial charge is 0.490 e. The zero-order valence-corrected chi connectivity index (χ0v) is 45.2. The molecule has 0 aliphatic carbocycles. The first-order valence-electron chi connectivity index (χ1n) is 23.9. The molecule has 402 valence electrons. The number of esters is 2. The molecule has 4 amide bonds. The van der Waals surface area contributed by atoms with Crippen LogP contribution in [0.25, 0.3) is 22.6 Å². The number of amides is 4. The highest BCUT2D eigenvalue weighted by atomic mass is 35.5. The number of aromatic nitrogens is 2. The second-order valence-electron chi connectivity index (χ2n) is 19.6. The van der Waals surface area contributed by atoms with Gasteiger partial charge >= 0.3 is 24.1 Å². The molecule has 0 aliphatic heterocycles. The molecule has 75 heavy (non-hydrogen) atoms. The average molecular weight is 1070 g/mol. The first-order chi connectivity index (χ1) is 35.3. The summed E-state index contributed by atoms with van der Waals surface area (Å²) in [5, 5.41) is 31.7. The van der Waals surface area contributed by atoms with Gasteiger partial charge in [0.25, 0.3) is 0 Å². The van der Waals surface area contributed by atoms with Crippen LogP contribution >= 0.6 is 23.4 Å². The van der Waals surface area contributed by atoms with Crippen LogP contribution in [0.15, 0.2) is 64.2 Å². The molecule has 4 aromatic rings. The van der Waals surface area contributed by atoms with E-state index in [0.717, 1.165) is 5.56 Å². The summed E-state index contributed by atoms with van der Waals surface area (Å²) in [6.45, 7) is 15.8. The lowest BCUT2D eigenvalue weighted by Gasteiger charge is -2.26. The van der Waals surface area contributed by atoms with Gasteiger partial charge in [-0.25, -0.2) is 29.1 Å². The Kier molecular flexibility index (Phi) is 22.1. The summed E-state index contributed by atoms with van der Waals surface area (Å²) < 4.78 is 33.6. The topological polar surface area (TPSA) is 309 Å². The van der Waals surface area contributed by atoms with Crippen molar-refractivity contribution in [2.45, 2.75) is 122 Å². The van der Waals surface area contributed by atoms with Crippen LogP contribution < -0.4 is 31.7 Å². The molecular formula is C52H64ClN9O12S. The fourth-order valence-corrected chi connectivity index (χ4v) is 7.63. The fraction of sp³-hybridized carbons (Fsp3) is 0.462. The molecule has 0 saturated carbocycles. The highest BCUT2D eigenvalue weighted by molar-refractivity contribution is 7.98. The number of hydrogen-bond acceptors (Lipinski definition) is 18. The monoisotopic (exact) mass is 1070 g/mol. The zero-order chi connectivity index (χ0) is 55.6. The number of carbonyl (C=O) groups is 6. The number of anilines is 1. The Morgan fingerprint density at radius 3 is 1.76 bits per heavy atom. The van der Waals surface area contributed by atoms with E-state index in [1.165, 1.54) is 18.0 Å². The van der Waals surface area contributed by atoms with Crippen molar-refractivity contribution in [1.82, 2.24) is 31.2 Å². The normalized spacial score (nSPS) is 12.5. The highest BCUT2D eigenvalue weighted by Gasteiger charge is 2.32. The van der Waals surface area contributed by atoms with Crippen LogP contribution in [0.4, 0.5) is 15.4 Å². The van der Waals surface area contributed by atoms with E-state index in [4.69, 9.17) is 45.4 Å². The Labute approximate surface area is 445 Å². The van der Waals surface area contributed by atoms with Gasteiger partial charge in [-0.05, 0) is 95.3 Å². The van der Waals surface area contributed by atoms with Gasteiger partial charge in [-0.3, -0.25) is 9.59 Å². The Morgan fingerprint density at radius 1 is 0.733 bits per heavy atom. The minimum atomic E-state index is -1.28. The van der Waals surface area contributed by atoms with Crippen molar-refractivity contribution < 1.29 is 56.9 Å². The number of nitrogen functional groups attached to an aromatic ring is 1. The number of hydrogen-bond donors (Lipinski definition) is 5. The van der Waals surface area contributed by atoms with E-state index in [-0.39, 0.29) is 71.6 Å². The van der Waals surface area contributed by atoms with Crippen LogP contribution in [0.1, 0.15) is 98.9 Å². The van der Waals surface area contributed by atoms with Gasteiger partial charge in [0.2, 0.25) is 17.7 Å². The van der Waals surface area contributed by atoms with E-state index in [9.17, 15) is 39.3 Å². The van der Waals surface area contributed by atoms with E-state index in [1.54, 1.807) is 118 Å². The lowest BCUT2D eigenvalue weighted by molar-refractivity contribution is -0.165. The number of oxazole rings is 1. The predicted molar refractivity (Wildman–Crippen MR) is 278 cm³/mol. The Hall–Kier alpha value is -7.56. The standard InChI is InChI=1S/C52H64ClN9O12S/c1-29(2)42(60-39(63)19-21-57-49(67)73-51(5,6)7)47(65)71-27-36(72-48(66)43(30(3)4)61-40(64)20-22-58-50(68)74-52(8,9)10)26-69-35-17-13-31(14-18-35)41-37(23-54)44(56)62-46(38(41)24-55)75-28-34-25-70-45(59-34)32-11-15-33(53)16-12-32/h11-18,25,29-30,36,42-43H,19-22,26-28H2,1-10H3,(H2,56,62)(H,57,67)(H,58,68)(H,60,63)(H,61,64). The number of benzene rings is 2. The molecule has 3 unspecified atom stereocenters.